The third-order valence-electron chi connectivity index (χ3n) is 7.46. The third-order valence-corrected chi connectivity index (χ3v) is 7.46. The Morgan fingerprint density at radius 1 is 0.296 bits per heavy atom. The van der Waals surface area contributed by atoms with Crippen LogP contribution in [0.25, 0.3) is 0 Å². The van der Waals surface area contributed by atoms with Crippen molar-refractivity contribution in [1.82, 2.24) is 0 Å². The molecule has 2 unspecified atom stereocenters. The normalized spacial score (nSPS) is 37.3. The van der Waals surface area contributed by atoms with Crippen molar-refractivity contribution in [3.8, 4) is 0 Å². The molecule has 0 saturated heterocycles. The van der Waals surface area contributed by atoms with Crippen LogP contribution < -0.4 is 0 Å². The van der Waals surface area contributed by atoms with E-state index in [0.29, 0.717) is 36.6 Å². The molecule has 0 aliphatic heterocycles. The van der Waals surface area contributed by atoms with Gasteiger partial charge in [0.1, 0.15) is 0 Å². The Morgan fingerprint density at radius 2 is 0.630 bits per heavy atom. The minimum atomic E-state index is 0.438. The summed E-state index contributed by atoms with van der Waals surface area (Å²) >= 11 is 0. The predicted molar refractivity (Wildman–Crippen MR) is 109 cm³/mol. The van der Waals surface area contributed by atoms with E-state index in [-0.39, 0.29) is 0 Å². The molecule has 156 valence electrons. The molecule has 4 aliphatic rings. The highest BCUT2D eigenvalue weighted by Crippen LogP contribution is 2.33. The van der Waals surface area contributed by atoms with Crippen LogP contribution in [0.15, 0.2) is 0 Å². The number of ether oxygens (including phenoxy) is 3. The van der Waals surface area contributed by atoms with Crippen LogP contribution in [-0.4, -0.2) is 36.6 Å². The van der Waals surface area contributed by atoms with Gasteiger partial charge >= 0.3 is 0 Å². The zero-order valence-electron chi connectivity index (χ0n) is 17.4. The van der Waals surface area contributed by atoms with E-state index in [0.717, 1.165) is 6.42 Å². The van der Waals surface area contributed by atoms with E-state index in [1.54, 1.807) is 0 Å². The van der Waals surface area contributed by atoms with E-state index in [1.807, 2.05) is 0 Å². The summed E-state index contributed by atoms with van der Waals surface area (Å²) in [6.07, 6.45) is 26.1. The molecule has 0 aromatic carbocycles. The molecular weight excluding hydrogens is 336 g/mol. The number of hydrogen-bond donors (Lipinski definition) is 0. The predicted octanol–water partition coefficient (Wildman–Crippen LogP) is 6.32. The number of rotatable bonds is 6. The van der Waals surface area contributed by atoms with Crippen molar-refractivity contribution in [3.63, 3.8) is 0 Å². The summed E-state index contributed by atoms with van der Waals surface area (Å²) in [5, 5.41) is 0. The van der Waals surface area contributed by atoms with Crippen molar-refractivity contribution < 1.29 is 14.2 Å². The standard InChI is InChI=1S/C24H42O3/c1-3-8-19(9-4-1)25-21-14-16-22(17-15-21)27-24-13-7-12-23(18-24)26-20-10-5-2-6-11-20/h19-24H,1-18H2. The van der Waals surface area contributed by atoms with Gasteiger partial charge in [-0.25, -0.2) is 0 Å². The number of hydrogen-bond acceptors (Lipinski definition) is 3. The summed E-state index contributed by atoms with van der Waals surface area (Å²) in [6, 6.07) is 0. The lowest BCUT2D eigenvalue weighted by Crippen LogP contribution is -2.36. The summed E-state index contributed by atoms with van der Waals surface area (Å²) in [6.45, 7) is 0. The Hall–Kier alpha value is -0.120. The van der Waals surface area contributed by atoms with Gasteiger partial charge in [-0.2, -0.15) is 0 Å². The highest BCUT2D eigenvalue weighted by Gasteiger charge is 2.30. The summed E-state index contributed by atoms with van der Waals surface area (Å²) in [5.74, 6) is 0. The zero-order chi connectivity index (χ0) is 18.3. The van der Waals surface area contributed by atoms with Gasteiger partial charge in [-0.3, -0.25) is 0 Å². The first-order chi connectivity index (χ1) is 13.3. The molecule has 0 heterocycles. The van der Waals surface area contributed by atoms with Crippen LogP contribution in [0.3, 0.4) is 0 Å². The van der Waals surface area contributed by atoms with E-state index < -0.39 is 0 Å². The molecule has 0 amide bonds. The Labute approximate surface area is 166 Å². The minimum absolute atomic E-state index is 0.438. The van der Waals surface area contributed by atoms with Crippen LogP contribution in [0.5, 0.6) is 0 Å². The third kappa shape index (κ3) is 6.44. The summed E-state index contributed by atoms with van der Waals surface area (Å²) in [4.78, 5) is 0. The van der Waals surface area contributed by atoms with Crippen molar-refractivity contribution in [2.24, 2.45) is 0 Å². The molecule has 2 atom stereocenters. The molecule has 4 aliphatic carbocycles. The second-order valence-electron chi connectivity index (χ2n) is 9.74. The van der Waals surface area contributed by atoms with Gasteiger partial charge in [-0.05, 0) is 77.0 Å². The van der Waals surface area contributed by atoms with Gasteiger partial charge in [0, 0.05) is 0 Å². The average Bonchev–Trinajstić information content (AvgIpc) is 2.71. The molecule has 0 aromatic heterocycles. The molecule has 0 bridgehead atoms. The van der Waals surface area contributed by atoms with Gasteiger partial charge < -0.3 is 14.2 Å². The second-order valence-corrected chi connectivity index (χ2v) is 9.74. The van der Waals surface area contributed by atoms with Crippen molar-refractivity contribution in [2.75, 3.05) is 0 Å². The largest absolute Gasteiger partial charge is 0.375 e. The highest BCUT2D eigenvalue weighted by atomic mass is 16.5. The van der Waals surface area contributed by atoms with Crippen LogP contribution in [-0.2, 0) is 14.2 Å². The first-order valence-electron chi connectivity index (χ1n) is 12.3. The van der Waals surface area contributed by atoms with Gasteiger partial charge in [0.2, 0.25) is 0 Å². The maximum absolute atomic E-state index is 6.55. The van der Waals surface area contributed by atoms with Crippen LogP contribution in [0, 0.1) is 0 Å². The van der Waals surface area contributed by atoms with Gasteiger partial charge in [0.15, 0.2) is 0 Å². The van der Waals surface area contributed by atoms with Gasteiger partial charge in [-0.15, -0.1) is 0 Å². The van der Waals surface area contributed by atoms with E-state index in [4.69, 9.17) is 14.2 Å². The Balaban J connectivity index is 1.14. The van der Waals surface area contributed by atoms with Crippen molar-refractivity contribution in [1.29, 1.82) is 0 Å². The van der Waals surface area contributed by atoms with Crippen LogP contribution in [0.2, 0.25) is 0 Å². The van der Waals surface area contributed by atoms with E-state index in [1.165, 1.54) is 109 Å². The van der Waals surface area contributed by atoms with E-state index >= 15 is 0 Å². The topological polar surface area (TPSA) is 27.7 Å². The van der Waals surface area contributed by atoms with Crippen LogP contribution in [0.4, 0.5) is 0 Å². The van der Waals surface area contributed by atoms with Gasteiger partial charge in [0.25, 0.3) is 0 Å². The monoisotopic (exact) mass is 378 g/mol. The van der Waals surface area contributed by atoms with Crippen molar-refractivity contribution >= 4 is 0 Å². The van der Waals surface area contributed by atoms with Crippen molar-refractivity contribution in [3.05, 3.63) is 0 Å². The summed E-state index contributed by atoms with van der Waals surface area (Å²) in [5.41, 5.74) is 0. The smallest absolute Gasteiger partial charge is 0.0603 e. The molecule has 0 aromatic rings. The molecule has 0 N–H and O–H groups in total. The molecular formula is C24H42O3. The lowest BCUT2D eigenvalue weighted by Gasteiger charge is -2.37. The zero-order valence-corrected chi connectivity index (χ0v) is 17.4. The molecule has 0 radical (unpaired) electrons. The van der Waals surface area contributed by atoms with Crippen molar-refractivity contribution in [2.45, 2.75) is 152 Å². The first kappa shape index (κ1) is 20.2. The maximum Gasteiger partial charge on any atom is 0.0603 e. The lowest BCUT2D eigenvalue weighted by molar-refractivity contribution is -0.118. The average molecular weight is 379 g/mol. The Morgan fingerprint density at radius 3 is 1.07 bits per heavy atom. The second kappa shape index (κ2) is 10.6. The molecule has 0 spiro atoms. The fraction of sp³-hybridized carbons (Fsp3) is 1.00. The quantitative estimate of drug-likeness (QED) is 0.541. The SMILES string of the molecule is C1CCC(OC2CCC(OC3CCCC(OC4CCCCC4)C3)CC2)CC1. The maximum atomic E-state index is 6.55. The Bertz CT molecular complexity index is 406. The highest BCUT2D eigenvalue weighted by molar-refractivity contribution is 4.80. The molecule has 27 heavy (non-hydrogen) atoms. The fourth-order valence-electron chi connectivity index (χ4n) is 5.87. The van der Waals surface area contributed by atoms with Gasteiger partial charge in [0.05, 0.1) is 36.6 Å². The van der Waals surface area contributed by atoms with E-state index in [2.05, 4.69) is 0 Å². The lowest BCUT2D eigenvalue weighted by atomic mass is 9.91. The molecule has 3 nitrogen and oxygen atoms in total. The van der Waals surface area contributed by atoms with E-state index in [9.17, 15) is 0 Å². The van der Waals surface area contributed by atoms with Crippen LogP contribution in [0.1, 0.15) is 116 Å². The first-order valence-corrected chi connectivity index (χ1v) is 12.3. The summed E-state index contributed by atoms with van der Waals surface area (Å²) in [7, 11) is 0. The van der Waals surface area contributed by atoms with Crippen LogP contribution >= 0.6 is 0 Å². The Kier molecular flexibility index (Phi) is 7.91. The molecule has 4 saturated carbocycles. The minimum Gasteiger partial charge on any atom is -0.375 e. The summed E-state index contributed by atoms with van der Waals surface area (Å²) < 4.78 is 19.4. The molecule has 4 rings (SSSR count). The molecule has 4 fully saturated rings. The fourth-order valence-corrected chi connectivity index (χ4v) is 5.87. The molecule has 3 heteroatoms. The van der Waals surface area contributed by atoms with Gasteiger partial charge in [-0.1, -0.05) is 38.5 Å².